The number of imidazole rings is 1. The normalized spacial score (nSPS) is 11.5. The molecule has 4 aromatic heterocycles. The maximum absolute atomic E-state index is 5.89. The Balaban J connectivity index is 1.31. The Morgan fingerprint density at radius 1 is 0.559 bits per heavy atom. The summed E-state index contributed by atoms with van der Waals surface area (Å²) in [5.41, 5.74) is 6.24. The molecule has 0 bridgehead atoms. The average molecular weight is 440 g/mol. The van der Waals surface area contributed by atoms with E-state index < -0.39 is 0 Å². The molecule has 4 heterocycles. The number of aromatic amines is 1. The Bertz CT molecular complexity index is 1730. The highest BCUT2D eigenvalue weighted by Crippen LogP contribution is 2.33. The molecule has 0 aliphatic carbocycles. The molecule has 7 heteroatoms. The van der Waals surface area contributed by atoms with Crippen molar-refractivity contribution in [2.75, 3.05) is 0 Å². The highest BCUT2D eigenvalue weighted by Gasteiger charge is 2.16. The van der Waals surface area contributed by atoms with Crippen molar-refractivity contribution in [1.82, 2.24) is 30.1 Å². The topological polar surface area (TPSA) is 93.4 Å². The summed E-state index contributed by atoms with van der Waals surface area (Å²) in [4.78, 5) is 17.6. The van der Waals surface area contributed by atoms with Crippen molar-refractivity contribution in [2.24, 2.45) is 0 Å². The summed E-state index contributed by atoms with van der Waals surface area (Å²) < 4.78 is 5.89. The summed E-state index contributed by atoms with van der Waals surface area (Å²) in [6.45, 7) is 0. The largest absolute Gasteiger partial charge is 0.416 e. The number of hydrogen-bond acceptors (Lipinski definition) is 6. The van der Waals surface area contributed by atoms with E-state index >= 15 is 0 Å². The second-order valence-corrected chi connectivity index (χ2v) is 7.96. The van der Waals surface area contributed by atoms with Gasteiger partial charge in [0.25, 0.3) is 0 Å². The van der Waals surface area contributed by atoms with Gasteiger partial charge in [-0.15, -0.1) is 10.2 Å². The molecule has 1 N–H and O–H groups in total. The minimum Gasteiger partial charge on any atom is -0.416 e. The summed E-state index contributed by atoms with van der Waals surface area (Å²) >= 11 is 0. The number of nitrogens with zero attached hydrogens (tertiary/aromatic N) is 5. The number of hydrogen-bond donors (Lipinski definition) is 1. The Morgan fingerprint density at radius 2 is 1.18 bits per heavy atom. The van der Waals surface area contributed by atoms with Gasteiger partial charge in [-0.05, 0) is 48.5 Å². The third-order valence-corrected chi connectivity index (χ3v) is 5.92. The van der Waals surface area contributed by atoms with Crippen LogP contribution in [0.2, 0.25) is 0 Å². The highest BCUT2D eigenvalue weighted by atomic mass is 16.4. The molecule has 3 aromatic carbocycles. The summed E-state index contributed by atoms with van der Waals surface area (Å²) in [7, 11) is 0. The van der Waals surface area contributed by atoms with Crippen LogP contribution in [0.3, 0.4) is 0 Å². The molecule has 0 aliphatic rings. The smallest absolute Gasteiger partial charge is 0.248 e. The number of rotatable bonds is 3. The molecular weight excluding hydrogens is 424 g/mol. The molecule has 0 saturated carbocycles. The van der Waals surface area contributed by atoms with Gasteiger partial charge in [-0.3, -0.25) is 9.97 Å². The van der Waals surface area contributed by atoms with Gasteiger partial charge in [-0.1, -0.05) is 30.3 Å². The fraction of sp³-hybridized carbons (Fsp3) is 0. The van der Waals surface area contributed by atoms with Crippen molar-refractivity contribution in [1.29, 1.82) is 0 Å². The molecule has 34 heavy (non-hydrogen) atoms. The van der Waals surface area contributed by atoms with E-state index in [0.717, 1.165) is 55.4 Å². The van der Waals surface area contributed by atoms with Crippen LogP contribution in [-0.4, -0.2) is 30.1 Å². The lowest BCUT2D eigenvalue weighted by Gasteiger charge is -2.03. The van der Waals surface area contributed by atoms with Gasteiger partial charge < -0.3 is 9.40 Å². The Labute approximate surface area is 193 Å². The van der Waals surface area contributed by atoms with E-state index in [9.17, 15) is 0 Å². The fourth-order valence-electron chi connectivity index (χ4n) is 4.29. The van der Waals surface area contributed by atoms with Crippen LogP contribution in [0.5, 0.6) is 0 Å². The highest BCUT2D eigenvalue weighted by molar-refractivity contribution is 6.21. The van der Waals surface area contributed by atoms with Crippen molar-refractivity contribution in [2.45, 2.75) is 0 Å². The summed E-state index contributed by atoms with van der Waals surface area (Å²) in [6, 6.07) is 25.6. The Hall–Kier alpha value is -4.91. The molecule has 0 radical (unpaired) electrons. The predicted octanol–water partition coefficient (Wildman–Crippen LogP) is 6.04. The quantitative estimate of drug-likeness (QED) is 0.337. The van der Waals surface area contributed by atoms with E-state index in [1.807, 2.05) is 78.9 Å². The Morgan fingerprint density at radius 3 is 1.91 bits per heavy atom. The summed E-state index contributed by atoms with van der Waals surface area (Å²) in [6.07, 6.45) is 3.58. The average Bonchev–Trinajstić information content (AvgIpc) is 3.58. The maximum atomic E-state index is 5.89. The van der Waals surface area contributed by atoms with Gasteiger partial charge in [0.2, 0.25) is 11.8 Å². The van der Waals surface area contributed by atoms with Crippen LogP contribution in [0.15, 0.2) is 95.7 Å². The van der Waals surface area contributed by atoms with Crippen LogP contribution in [0.4, 0.5) is 0 Å². The first kappa shape index (κ1) is 18.6. The second kappa shape index (κ2) is 7.31. The zero-order valence-corrected chi connectivity index (χ0v) is 17.8. The molecule has 0 saturated heterocycles. The van der Waals surface area contributed by atoms with Gasteiger partial charge in [-0.25, -0.2) is 4.98 Å². The van der Waals surface area contributed by atoms with Crippen LogP contribution >= 0.6 is 0 Å². The van der Waals surface area contributed by atoms with Crippen molar-refractivity contribution >= 4 is 32.8 Å². The lowest BCUT2D eigenvalue weighted by molar-refractivity contribution is 0.584. The van der Waals surface area contributed by atoms with E-state index in [0.29, 0.717) is 11.8 Å². The number of H-pyrrole nitrogens is 1. The van der Waals surface area contributed by atoms with E-state index in [-0.39, 0.29) is 0 Å². The SMILES string of the molecule is c1ccc(-c2nnc(-c3ccc(-c4nc5c6cccnc6c6ncccc6c5[nH]4)cc3)o2)cc1. The van der Waals surface area contributed by atoms with Crippen molar-refractivity contribution in [3.05, 3.63) is 91.3 Å². The molecule has 0 spiro atoms. The number of pyridine rings is 2. The molecule has 7 nitrogen and oxygen atoms in total. The van der Waals surface area contributed by atoms with Gasteiger partial charge >= 0.3 is 0 Å². The number of nitrogens with one attached hydrogen (secondary N) is 1. The first-order valence-electron chi connectivity index (χ1n) is 10.9. The van der Waals surface area contributed by atoms with Crippen molar-refractivity contribution < 1.29 is 4.42 Å². The lowest BCUT2D eigenvalue weighted by atomic mass is 10.1. The molecule has 160 valence electrons. The van der Waals surface area contributed by atoms with Crippen LogP contribution in [-0.2, 0) is 0 Å². The minimum absolute atomic E-state index is 0.476. The van der Waals surface area contributed by atoms with Crippen LogP contribution in [0, 0.1) is 0 Å². The molecule has 0 fully saturated rings. The number of benzene rings is 3. The van der Waals surface area contributed by atoms with Gasteiger partial charge in [0.1, 0.15) is 5.82 Å². The van der Waals surface area contributed by atoms with Gasteiger partial charge in [0.15, 0.2) is 0 Å². The zero-order chi connectivity index (χ0) is 22.5. The molecule has 7 rings (SSSR count). The monoisotopic (exact) mass is 440 g/mol. The van der Waals surface area contributed by atoms with Crippen molar-refractivity contribution in [3.63, 3.8) is 0 Å². The van der Waals surface area contributed by atoms with Gasteiger partial charge in [-0.2, -0.15) is 0 Å². The van der Waals surface area contributed by atoms with Gasteiger partial charge in [0, 0.05) is 39.9 Å². The standard InChI is InChI=1S/C27H16N6O/c1-2-6-17(7-3-1)26-32-33-27(34-26)18-12-10-16(11-13-18)25-30-23-19-8-4-14-28-21(19)22-20(24(23)31-25)9-5-15-29-22/h1-15H,(H,30,31). The molecule has 0 aliphatic heterocycles. The Kier molecular flexibility index (Phi) is 4.01. The predicted molar refractivity (Wildman–Crippen MR) is 131 cm³/mol. The van der Waals surface area contributed by atoms with Crippen LogP contribution < -0.4 is 0 Å². The molecule has 0 amide bonds. The molecule has 0 unspecified atom stereocenters. The maximum Gasteiger partial charge on any atom is 0.248 e. The third-order valence-electron chi connectivity index (χ3n) is 5.92. The van der Waals surface area contributed by atoms with Crippen LogP contribution in [0.1, 0.15) is 0 Å². The van der Waals surface area contributed by atoms with E-state index in [4.69, 9.17) is 9.40 Å². The van der Waals surface area contributed by atoms with E-state index in [1.165, 1.54) is 0 Å². The summed E-state index contributed by atoms with van der Waals surface area (Å²) in [5.74, 6) is 1.75. The number of aromatic nitrogens is 6. The van der Waals surface area contributed by atoms with E-state index in [2.05, 4.69) is 25.1 Å². The zero-order valence-electron chi connectivity index (χ0n) is 17.8. The molecule has 0 atom stereocenters. The van der Waals surface area contributed by atoms with Crippen LogP contribution in [0.25, 0.3) is 67.1 Å². The second-order valence-electron chi connectivity index (χ2n) is 7.96. The fourth-order valence-corrected chi connectivity index (χ4v) is 4.29. The first-order valence-corrected chi connectivity index (χ1v) is 10.9. The molecule has 7 aromatic rings. The minimum atomic E-state index is 0.476. The van der Waals surface area contributed by atoms with Gasteiger partial charge in [0.05, 0.1) is 22.1 Å². The first-order chi connectivity index (χ1) is 16.8. The summed E-state index contributed by atoms with van der Waals surface area (Å²) in [5, 5.41) is 10.4. The van der Waals surface area contributed by atoms with Crippen molar-refractivity contribution in [3.8, 4) is 34.3 Å². The lowest BCUT2D eigenvalue weighted by Crippen LogP contribution is -1.86. The molecular formula is C27H16N6O. The van der Waals surface area contributed by atoms with E-state index in [1.54, 1.807) is 12.4 Å². The third kappa shape index (κ3) is 2.87. The number of fused-ring (bicyclic) bond motifs is 6.